The van der Waals surface area contributed by atoms with Crippen LogP contribution in [0.25, 0.3) is 0 Å². The summed E-state index contributed by atoms with van der Waals surface area (Å²) in [6, 6.07) is 37.2. The second kappa shape index (κ2) is 24.5. The van der Waals surface area contributed by atoms with Crippen molar-refractivity contribution in [3.63, 3.8) is 0 Å². The van der Waals surface area contributed by atoms with E-state index in [9.17, 15) is 19.6 Å². The molecule has 15 nitrogen and oxygen atoms in total. The molecule has 0 radical (unpaired) electrons. The molecule has 1 saturated heterocycles. The van der Waals surface area contributed by atoms with E-state index >= 15 is 0 Å². The molecular formula is C52H65N4O11PSi. The summed E-state index contributed by atoms with van der Waals surface area (Å²) in [6.45, 7) is 15.0. The number of hydrogen-bond acceptors (Lipinski definition) is 13. The zero-order valence-electron chi connectivity index (χ0n) is 41.0. The van der Waals surface area contributed by atoms with Gasteiger partial charge in [0.15, 0.2) is 6.23 Å². The van der Waals surface area contributed by atoms with Gasteiger partial charge in [0.25, 0.3) is 20.0 Å². The molecule has 6 rings (SSSR count). The van der Waals surface area contributed by atoms with Gasteiger partial charge in [0.2, 0.25) is 0 Å². The molecule has 5 atom stereocenters. The predicted octanol–water partition coefficient (Wildman–Crippen LogP) is 8.98. The monoisotopic (exact) mass is 980 g/mol. The minimum Gasteiger partial charge on any atom is -0.497 e. The fourth-order valence-electron chi connectivity index (χ4n) is 8.20. The lowest BCUT2D eigenvalue weighted by atomic mass is 9.80. The predicted molar refractivity (Wildman–Crippen MR) is 267 cm³/mol. The van der Waals surface area contributed by atoms with Gasteiger partial charge >= 0.3 is 5.69 Å². The Labute approximate surface area is 407 Å². The van der Waals surface area contributed by atoms with Crippen LogP contribution in [0.15, 0.2) is 131 Å². The molecule has 0 amide bonds. The highest BCUT2D eigenvalue weighted by molar-refractivity contribution is 7.44. The summed E-state index contributed by atoms with van der Waals surface area (Å²) in [7, 11) is -0.218. The molecule has 17 heteroatoms. The Balaban J connectivity index is 1.54. The molecule has 0 spiro atoms. The fraction of sp³-hybridized carbons (Fsp3) is 0.423. The van der Waals surface area contributed by atoms with Crippen LogP contribution in [0, 0.1) is 11.3 Å². The number of hydrogen-bond donors (Lipinski definition) is 0. The van der Waals surface area contributed by atoms with E-state index in [1.807, 2.05) is 107 Å². The number of nitrogens with zero attached hydrogens (tertiary/aromatic N) is 4. The summed E-state index contributed by atoms with van der Waals surface area (Å²) >= 11 is 0. The lowest BCUT2D eigenvalue weighted by Gasteiger charge is -2.39. The van der Waals surface area contributed by atoms with Crippen molar-refractivity contribution in [3.05, 3.63) is 165 Å². The van der Waals surface area contributed by atoms with E-state index in [-0.39, 0.29) is 44.1 Å². The quantitative estimate of drug-likeness (QED) is 0.0190. The van der Waals surface area contributed by atoms with Gasteiger partial charge < -0.3 is 37.5 Å². The van der Waals surface area contributed by atoms with Crippen molar-refractivity contribution in [2.24, 2.45) is 0 Å². The Hall–Kier alpha value is -5.31. The van der Waals surface area contributed by atoms with Crippen molar-refractivity contribution in [1.29, 1.82) is 5.26 Å². The molecule has 1 aromatic heterocycles. The standard InChI is InChI=1S/C52H65N4O11PSi/c1-37(2)56(38(3)4)68(65-32-16-30-53)67-47-45(35-64-52(40-19-14-11-15-20-40,41-21-25-43(60-5)26-22-41)42-23-27-44(61-6)28-24-42)66-50(48(47)63-36-62-33-34-69(7,8)9)54-31-29-46(57)55(51(54)59)49(58)39-17-12-10-13-18-39/h10-15,17-29,31,37-38,45,47-48,50H,16,32-36H2,1-9H3/t45-,47-,48-,50-,68?/m1/s1. The maximum Gasteiger partial charge on any atom is 0.340 e. The molecule has 2 heterocycles. The van der Waals surface area contributed by atoms with Crippen LogP contribution in [-0.2, 0) is 33.6 Å². The molecule has 0 N–H and O–H groups in total. The van der Waals surface area contributed by atoms with Crippen molar-refractivity contribution in [1.82, 2.24) is 13.8 Å². The molecule has 368 valence electrons. The number of carbonyl (C=O) groups excluding carboxylic acids is 1. The fourth-order valence-corrected chi connectivity index (χ4v) is 10.7. The second-order valence-corrected chi connectivity index (χ2v) is 25.3. The molecule has 69 heavy (non-hydrogen) atoms. The van der Waals surface area contributed by atoms with Crippen molar-refractivity contribution >= 4 is 22.5 Å². The summed E-state index contributed by atoms with van der Waals surface area (Å²) in [4.78, 5) is 42.1. The van der Waals surface area contributed by atoms with Crippen LogP contribution in [0.3, 0.4) is 0 Å². The Morgan fingerprint density at radius 1 is 0.797 bits per heavy atom. The van der Waals surface area contributed by atoms with Gasteiger partial charge in [-0.2, -0.15) is 9.83 Å². The summed E-state index contributed by atoms with van der Waals surface area (Å²) in [6.07, 6.45) is -3.03. The van der Waals surface area contributed by atoms with E-state index in [4.69, 9.17) is 37.5 Å². The number of methoxy groups -OCH3 is 2. The van der Waals surface area contributed by atoms with Crippen LogP contribution < -0.4 is 20.7 Å². The third-order valence-electron chi connectivity index (χ3n) is 11.6. The first kappa shape index (κ1) is 53.0. The number of nitriles is 1. The summed E-state index contributed by atoms with van der Waals surface area (Å²) in [5, 5.41) is 9.58. The average Bonchev–Trinajstić information content (AvgIpc) is 3.67. The third kappa shape index (κ3) is 12.9. The molecule has 0 bridgehead atoms. The molecule has 5 aromatic rings. The second-order valence-electron chi connectivity index (χ2n) is 18.3. The summed E-state index contributed by atoms with van der Waals surface area (Å²) in [5.74, 6) is 0.503. The minimum atomic E-state index is -1.94. The average molecular weight is 981 g/mol. The molecular weight excluding hydrogens is 916 g/mol. The summed E-state index contributed by atoms with van der Waals surface area (Å²) < 4.78 is 55.9. The van der Waals surface area contributed by atoms with Crippen LogP contribution in [0.5, 0.6) is 11.5 Å². The van der Waals surface area contributed by atoms with Crippen LogP contribution in [-0.4, -0.2) is 99.0 Å². The van der Waals surface area contributed by atoms with Gasteiger partial charge in [-0.05, 0) is 86.8 Å². The third-order valence-corrected chi connectivity index (χ3v) is 15.5. The van der Waals surface area contributed by atoms with Crippen LogP contribution >= 0.6 is 8.53 Å². The smallest absolute Gasteiger partial charge is 0.340 e. The first-order valence-corrected chi connectivity index (χ1v) is 28.0. The highest BCUT2D eigenvalue weighted by Crippen LogP contribution is 2.51. The van der Waals surface area contributed by atoms with Gasteiger partial charge in [0, 0.05) is 44.6 Å². The number of rotatable bonds is 24. The number of carbonyl (C=O) groups is 1. The maximum absolute atomic E-state index is 14.7. The van der Waals surface area contributed by atoms with Crippen LogP contribution in [0.1, 0.15) is 67.4 Å². The Kier molecular flexibility index (Phi) is 18.8. The minimum absolute atomic E-state index is 0.0682. The highest BCUT2D eigenvalue weighted by atomic mass is 31.2. The van der Waals surface area contributed by atoms with E-state index in [0.29, 0.717) is 22.7 Å². The van der Waals surface area contributed by atoms with Crippen LogP contribution in [0.4, 0.5) is 0 Å². The van der Waals surface area contributed by atoms with Crippen molar-refractivity contribution in [2.45, 2.75) is 102 Å². The molecule has 1 unspecified atom stereocenters. The van der Waals surface area contributed by atoms with E-state index in [1.165, 1.54) is 22.9 Å². The molecule has 1 aliphatic heterocycles. The molecule has 1 aliphatic rings. The van der Waals surface area contributed by atoms with Gasteiger partial charge in [0.1, 0.15) is 42.2 Å². The normalized spacial score (nSPS) is 17.8. The number of ether oxygens (including phenoxy) is 6. The first-order chi connectivity index (χ1) is 33.1. The largest absolute Gasteiger partial charge is 0.497 e. The lowest BCUT2D eigenvalue weighted by Crippen LogP contribution is -2.47. The molecule has 0 saturated carbocycles. The lowest BCUT2D eigenvalue weighted by molar-refractivity contribution is -0.137. The Morgan fingerprint density at radius 3 is 1.90 bits per heavy atom. The van der Waals surface area contributed by atoms with Gasteiger partial charge in [-0.25, -0.2) is 9.46 Å². The number of aromatic nitrogens is 2. The van der Waals surface area contributed by atoms with E-state index in [2.05, 4.69) is 30.4 Å². The molecule has 1 fully saturated rings. The van der Waals surface area contributed by atoms with Gasteiger partial charge in [-0.15, -0.1) is 0 Å². The van der Waals surface area contributed by atoms with E-state index in [0.717, 1.165) is 28.8 Å². The van der Waals surface area contributed by atoms with Gasteiger partial charge in [0.05, 0.1) is 39.9 Å². The van der Waals surface area contributed by atoms with Gasteiger partial charge in [-0.1, -0.05) is 92.4 Å². The highest BCUT2D eigenvalue weighted by Gasteiger charge is 2.52. The van der Waals surface area contributed by atoms with Gasteiger partial charge in [-0.3, -0.25) is 14.2 Å². The van der Waals surface area contributed by atoms with Crippen molar-refractivity contribution in [3.8, 4) is 17.6 Å². The van der Waals surface area contributed by atoms with E-state index in [1.54, 1.807) is 32.4 Å². The SMILES string of the molecule is COc1ccc(C(OC[C@H]2O[C@@H](n3ccc(=O)n(C(=O)c4ccccc4)c3=O)[C@H](OCOCC[Si](C)(C)C)[C@@H]2OP(OCCC#N)N(C(C)C)C(C)C)(c2ccccc2)c2ccc(OC)cc2)cc1. The zero-order valence-corrected chi connectivity index (χ0v) is 42.9. The van der Waals surface area contributed by atoms with E-state index < -0.39 is 63.9 Å². The number of benzene rings is 4. The maximum atomic E-state index is 14.7. The zero-order chi connectivity index (χ0) is 49.7. The topological polar surface area (TPSA) is 162 Å². The summed E-state index contributed by atoms with van der Waals surface area (Å²) in [5.41, 5.74) is -0.556. The van der Waals surface area contributed by atoms with Crippen molar-refractivity contribution < 1.29 is 42.3 Å². The Bertz CT molecular complexity index is 2510. The Morgan fingerprint density at radius 2 is 1.36 bits per heavy atom. The van der Waals surface area contributed by atoms with Crippen LogP contribution in [0.2, 0.25) is 25.7 Å². The molecule has 0 aliphatic carbocycles. The molecule has 4 aromatic carbocycles. The van der Waals surface area contributed by atoms with Crippen molar-refractivity contribution in [2.75, 3.05) is 40.8 Å². The first-order valence-electron chi connectivity index (χ1n) is 23.2.